The van der Waals surface area contributed by atoms with Crippen molar-refractivity contribution in [2.75, 3.05) is 6.54 Å². The minimum absolute atomic E-state index is 0.207. The topological polar surface area (TPSA) is 55.6 Å². The van der Waals surface area contributed by atoms with Crippen LogP contribution in [0.3, 0.4) is 0 Å². The van der Waals surface area contributed by atoms with Crippen molar-refractivity contribution in [2.45, 2.75) is 71.9 Å². The lowest BCUT2D eigenvalue weighted by Crippen LogP contribution is -2.29. The van der Waals surface area contributed by atoms with Gasteiger partial charge >= 0.3 is 0 Å². The largest absolute Gasteiger partial charge is 0.307 e. The molecule has 1 saturated carbocycles. The molecule has 1 aromatic heterocycles. The lowest BCUT2D eigenvalue weighted by molar-refractivity contribution is 0.239. The third-order valence-corrected chi connectivity index (χ3v) is 4.46. The number of hydrogen-bond donors (Lipinski definition) is 1. The molecule has 1 aromatic rings. The van der Waals surface area contributed by atoms with Crippen molar-refractivity contribution in [1.82, 2.24) is 25.5 Å². The van der Waals surface area contributed by atoms with Crippen molar-refractivity contribution in [2.24, 2.45) is 11.8 Å². The molecule has 2 unspecified atom stereocenters. The molecule has 2 atom stereocenters. The molecule has 0 amide bonds. The van der Waals surface area contributed by atoms with Gasteiger partial charge in [0.2, 0.25) is 0 Å². The van der Waals surface area contributed by atoms with Gasteiger partial charge in [0, 0.05) is 0 Å². The van der Waals surface area contributed by atoms with Crippen molar-refractivity contribution >= 4 is 0 Å². The van der Waals surface area contributed by atoms with Crippen LogP contribution in [0.15, 0.2) is 0 Å². The van der Waals surface area contributed by atoms with E-state index in [-0.39, 0.29) is 6.04 Å². The molecule has 1 N–H and O–H groups in total. The molecule has 1 heterocycles. The zero-order valence-electron chi connectivity index (χ0n) is 13.3. The summed E-state index contributed by atoms with van der Waals surface area (Å²) in [4.78, 5) is 0. The van der Waals surface area contributed by atoms with E-state index in [0.717, 1.165) is 18.3 Å². The van der Waals surface area contributed by atoms with E-state index in [2.05, 4.69) is 48.5 Å². The minimum Gasteiger partial charge on any atom is -0.307 e. The molecule has 1 aliphatic carbocycles. The number of tetrazole rings is 1. The molecule has 1 aliphatic rings. The lowest BCUT2D eigenvalue weighted by Gasteiger charge is -2.28. The summed E-state index contributed by atoms with van der Waals surface area (Å²) in [5.74, 6) is 2.34. The van der Waals surface area contributed by atoms with Crippen molar-refractivity contribution in [3.05, 3.63) is 5.82 Å². The Labute approximate surface area is 122 Å². The van der Waals surface area contributed by atoms with Crippen LogP contribution in [0.2, 0.25) is 0 Å². The molecule has 0 spiro atoms. The summed E-state index contributed by atoms with van der Waals surface area (Å²) in [6.45, 7) is 9.84. The zero-order chi connectivity index (χ0) is 14.5. The molecule has 0 aliphatic heterocycles. The summed E-state index contributed by atoms with van der Waals surface area (Å²) in [6, 6.07) is 0.613. The van der Waals surface area contributed by atoms with Gasteiger partial charge in [-0.2, -0.15) is 0 Å². The maximum atomic E-state index is 4.26. The van der Waals surface area contributed by atoms with Crippen LogP contribution < -0.4 is 5.32 Å². The molecule has 114 valence electrons. The average molecular weight is 279 g/mol. The van der Waals surface area contributed by atoms with Crippen LogP contribution in [-0.2, 0) is 0 Å². The first-order valence-corrected chi connectivity index (χ1v) is 8.10. The van der Waals surface area contributed by atoms with E-state index in [1.165, 1.54) is 32.1 Å². The van der Waals surface area contributed by atoms with Crippen molar-refractivity contribution in [1.29, 1.82) is 0 Å². The molecule has 2 rings (SSSR count). The number of aromatic nitrogens is 4. The normalized spacial score (nSPS) is 20.2. The summed E-state index contributed by atoms with van der Waals surface area (Å²) in [6.07, 6.45) is 6.72. The Balaban J connectivity index is 2.03. The van der Waals surface area contributed by atoms with E-state index in [9.17, 15) is 0 Å². The van der Waals surface area contributed by atoms with Gasteiger partial charge in [0.05, 0.1) is 12.1 Å². The first kappa shape index (κ1) is 15.4. The zero-order valence-corrected chi connectivity index (χ0v) is 13.3. The molecule has 0 bridgehead atoms. The van der Waals surface area contributed by atoms with Crippen molar-refractivity contribution < 1.29 is 0 Å². The van der Waals surface area contributed by atoms with Crippen LogP contribution >= 0.6 is 0 Å². The summed E-state index contributed by atoms with van der Waals surface area (Å²) in [5.41, 5.74) is 0. The molecule has 20 heavy (non-hydrogen) atoms. The van der Waals surface area contributed by atoms with Crippen LogP contribution in [0.5, 0.6) is 0 Å². The monoisotopic (exact) mass is 279 g/mol. The first-order chi connectivity index (χ1) is 9.59. The van der Waals surface area contributed by atoms with E-state index in [0.29, 0.717) is 12.0 Å². The Morgan fingerprint density at radius 1 is 1.15 bits per heavy atom. The van der Waals surface area contributed by atoms with Crippen LogP contribution in [-0.4, -0.2) is 26.8 Å². The first-order valence-electron chi connectivity index (χ1n) is 8.10. The lowest BCUT2D eigenvalue weighted by atomic mass is 9.84. The maximum absolute atomic E-state index is 4.26. The van der Waals surface area contributed by atoms with Crippen LogP contribution in [0.1, 0.15) is 77.7 Å². The van der Waals surface area contributed by atoms with Gasteiger partial charge in [-0.15, -0.1) is 5.10 Å². The van der Waals surface area contributed by atoms with Gasteiger partial charge in [0.25, 0.3) is 0 Å². The number of hydrogen-bond acceptors (Lipinski definition) is 4. The quantitative estimate of drug-likeness (QED) is 0.869. The molecular weight excluding hydrogens is 250 g/mol. The number of rotatable bonds is 6. The SMILES string of the molecule is CC(C)CNC(C)c1nnnn1C(C)C1CCCCC1. The fourth-order valence-electron chi connectivity index (χ4n) is 3.10. The molecule has 5 heteroatoms. The molecule has 1 fully saturated rings. The van der Waals surface area contributed by atoms with E-state index in [1.54, 1.807) is 0 Å². The Kier molecular flexibility index (Phi) is 5.52. The highest BCUT2D eigenvalue weighted by molar-refractivity contribution is 4.93. The summed E-state index contributed by atoms with van der Waals surface area (Å²) in [7, 11) is 0. The summed E-state index contributed by atoms with van der Waals surface area (Å²) < 4.78 is 2.05. The molecule has 5 nitrogen and oxygen atoms in total. The second-order valence-corrected chi connectivity index (χ2v) is 6.64. The fraction of sp³-hybridized carbons (Fsp3) is 0.933. The highest BCUT2D eigenvalue weighted by Crippen LogP contribution is 2.33. The van der Waals surface area contributed by atoms with Crippen molar-refractivity contribution in [3.63, 3.8) is 0 Å². The smallest absolute Gasteiger partial charge is 0.168 e. The van der Waals surface area contributed by atoms with E-state index >= 15 is 0 Å². The predicted octanol–water partition coefficient (Wildman–Crippen LogP) is 3.12. The summed E-state index contributed by atoms with van der Waals surface area (Å²) in [5, 5.41) is 15.9. The van der Waals surface area contributed by atoms with Gasteiger partial charge in [-0.1, -0.05) is 33.1 Å². The molecule has 0 radical (unpaired) electrons. The molecular formula is C15H29N5. The van der Waals surface area contributed by atoms with Crippen molar-refractivity contribution in [3.8, 4) is 0 Å². The maximum Gasteiger partial charge on any atom is 0.168 e. The third kappa shape index (κ3) is 3.78. The van der Waals surface area contributed by atoms with Crippen LogP contribution in [0.4, 0.5) is 0 Å². The van der Waals surface area contributed by atoms with Gasteiger partial charge in [0.15, 0.2) is 5.82 Å². The average Bonchev–Trinajstić information content (AvgIpc) is 2.94. The van der Waals surface area contributed by atoms with Gasteiger partial charge in [-0.25, -0.2) is 4.68 Å². The molecule has 0 saturated heterocycles. The Morgan fingerprint density at radius 2 is 1.85 bits per heavy atom. The van der Waals surface area contributed by atoms with Gasteiger partial charge in [0.1, 0.15) is 0 Å². The number of nitrogens with one attached hydrogen (secondary N) is 1. The standard InChI is InChI=1S/C15H29N5/c1-11(2)10-16-12(3)15-17-18-19-20(15)13(4)14-8-6-5-7-9-14/h11-14,16H,5-10H2,1-4H3. The van der Waals surface area contributed by atoms with E-state index < -0.39 is 0 Å². The van der Waals surface area contributed by atoms with Gasteiger partial charge in [-0.3, -0.25) is 0 Å². The van der Waals surface area contributed by atoms with Crippen LogP contribution in [0.25, 0.3) is 0 Å². The Morgan fingerprint density at radius 3 is 2.50 bits per heavy atom. The number of nitrogens with zero attached hydrogens (tertiary/aromatic N) is 4. The Bertz CT molecular complexity index is 395. The van der Waals surface area contributed by atoms with Crippen LogP contribution in [0, 0.1) is 11.8 Å². The molecule has 0 aromatic carbocycles. The minimum atomic E-state index is 0.207. The third-order valence-electron chi connectivity index (χ3n) is 4.46. The second-order valence-electron chi connectivity index (χ2n) is 6.64. The Hall–Kier alpha value is -0.970. The fourth-order valence-corrected chi connectivity index (χ4v) is 3.10. The highest BCUT2D eigenvalue weighted by Gasteiger charge is 2.26. The van der Waals surface area contributed by atoms with E-state index in [1.807, 2.05) is 4.68 Å². The highest BCUT2D eigenvalue weighted by atomic mass is 15.6. The summed E-state index contributed by atoms with van der Waals surface area (Å²) >= 11 is 0. The van der Waals surface area contributed by atoms with Gasteiger partial charge < -0.3 is 5.32 Å². The van der Waals surface area contributed by atoms with E-state index in [4.69, 9.17) is 0 Å². The predicted molar refractivity (Wildman–Crippen MR) is 80.4 cm³/mol. The van der Waals surface area contributed by atoms with Gasteiger partial charge in [-0.05, 0) is 55.5 Å². The second kappa shape index (κ2) is 7.16.